The van der Waals surface area contributed by atoms with Crippen LogP contribution in [0.25, 0.3) is 0 Å². The Hall–Kier alpha value is -1.55. The van der Waals surface area contributed by atoms with Crippen molar-refractivity contribution in [2.45, 2.75) is 51.7 Å². The summed E-state index contributed by atoms with van der Waals surface area (Å²) in [5, 5.41) is 3.24. The van der Waals surface area contributed by atoms with Crippen LogP contribution in [-0.4, -0.2) is 43.6 Å². The number of hydrogen-bond acceptors (Lipinski definition) is 3. The first-order valence-electron chi connectivity index (χ1n) is 8.68. The Balaban J connectivity index is 1.96. The average Bonchev–Trinajstić information content (AvgIpc) is 2.49. The SMILES string of the molecule is CC(C)Oc1ccc(C(=O)NC2CCCCC2CN(C)C)cc1. The van der Waals surface area contributed by atoms with Crippen LogP contribution in [0.2, 0.25) is 0 Å². The second-order valence-electron chi connectivity index (χ2n) is 7.08. The highest BCUT2D eigenvalue weighted by atomic mass is 16.5. The molecule has 23 heavy (non-hydrogen) atoms. The molecule has 0 saturated heterocycles. The van der Waals surface area contributed by atoms with Crippen LogP contribution in [-0.2, 0) is 0 Å². The molecule has 2 atom stereocenters. The summed E-state index contributed by atoms with van der Waals surface area (Å²) in [5.41, 5.74) is 0.704. The minimum atomic E-state index is 0.0248. The summed E-state index contributed by atoms with van der Waals surface area (Å²) in [6, 6.07) is 7.71. The highest BCUT2D eigenvalue weighted by Gasteiger charge is 2.27. The van der Waals surface area contributed by atoms with Gasteiger partial charge in [-0.1, -0.05) is 12.8 Å². The first kappa shape index (κ1) is 17.8. The molecule has 1 aliphatic carbocycles. The number of rotatable bonds is 6. The fraction of sp³-hybridized carbons (Fsp3) is 0.632. The molecule has 0 spiro atoms. The quantitative estimate of drug-likeness (QED) is 0.875. The van der Waals surface area contributed by atoms with Gasteiger partial charge < -0.3 is 15.0 Å². The number of carbonyl (C=O) groups excluding carboxylic acids is 1. The van der Waals surface area contributed by atoms with Gasteiger partial charge in [0.25, 0.3) is 5.91 Å². The minimum Gasteiger partial charge on any atom is -0.491 e. The lowest BCUT2D eigenvalue weighted by molar-refractivity contribution is 0.0895. The van der Waals surface area contributed by atoms with E-state index in [9.17, 15) is 4.79 Å². The third kappa shape index (κ3) is 5.54. The number of nitrogens with zero attached hydrogens (tertiary/aromatic N) is 1. The van der Waals surface area contributed by atoms with Crippen molar-refractivity contribution in [1.29, 1.82) is 0 Å². The van der Waals surface area contributed by atoms with Crippen molar-refractivity contribution in [3.8, 4) is 5.75 Å². The van der Waals surface area contributed by atoms with E-state index in [1.54, 1.807) is 0 Å². The molecule has 1 saturated carbocycles. The molecule has 1 aliphatic rings. The summed E-state index contributed by atoms with van der Waals surface area (Å²) in [6.07, 6.45) is 4.90. The third-order valence-electron chi connectivity index (χ3n) is 4.31. The van der Waals surface area contributed by atoms with Crippen LogP contribution in [0.5, 0.6) is 5.75 Å². The first-order valence-corrected chi connectivity index (χ1v) is 8.68. The molecular formula is C19H30N2O2. The van der Waals surface area contributed by atoms with E-state index in [0.717, 1.165) is 18.7 Å². The van der Waals surface area contributed by atoms with Crippen molar-refractivity contribution in [1.82, 2.24) is 10.2 Å². The molecule has 4 nitrogen and oxygen atoms in total. The zero-order valence-electron chi connectivity index (χ0n) is 14.8. The molecule has 128 valence electrons. The van der Waals surface area contributed by atoms with Gasteiger partial charge in [0.2, 0.25) is 0 Å². The summed E-state index contributed by atoms with van der Waals surface area (Å²) >= 11 is 0. The van der Waals surface area contributed by atoms with Crippen molar-refractivity contribution in [3.63, 3.8) is 0 Å². The topological polar surface area (TPSA) is 41.6 Å². The van der Waals surface area contributed by atoms with Gasteiger partial charge in [-0.05, 0) is 71.0 Å². The molecule has 2 rings (SSSR count). The molecular weight excluding hydrogens is 288 g/mol. The Morgan fingerprint density at radius 1 is 1.22 bits per heavy atom. The number of amides is 1. The van der Waals surface area contributed by atoms with Crippen molar-refractivity contribution in [2.75, 3.05) is 20.6 Å². The smallest absolute Gasteiger partial charge is 0.251 e. The van der Waals surface area contributed by atoms with Crippen molar-refractivity contribution >= 4 is 5.91 Å². The maximum Gasteiger partial charge on any atom is 0.251 e. The number of nitrogens with one attached hydrogen (secondary N) is 1. The van der Waals surface area contributed by atoms with Gasteiger partial charge in [-0.15, -0.1) is 0 Å². The molecule has 1 aromatic carbocycles. The molecule has 1 amide bonds. The summed E-state index contributed by atoms with van der Waals surface area (Å²) in [4.78, 5) is 14.7. The molecule has 1 fully saturated rings. The van der Waals surface area contributed by atoms with E-state index in [1.807, 2.05) is 38.1 Å². The van der Waals surface area contributed by atoms with Crippen LogP contribution in [0.15, 0.2) is 24.3 Å². The van der Waals surface area contributed by atoms with E-state index < -0.39 is 0 Å². The molecule has 0 bridgehead atoms. The average molecular weight is 318 g/mol. The summed E-state index contributed by atoms with van der Waals surface area (Å²) in [7, 11) is 4.20. The van der Waals surface area contributed by atoms with Crippen LogP contribution < -0.4 is 10.1 Å². The molecule has 1 N–H and O–H groups in total. The largest absolute Gasteiger partial charge is 0.491 e. The summed E-state index contributed by atoms with van der Waals surface area (Å²) < 4.78 is 5.62. The van der Waals surface area contributed by atoms with Gasteiger partial charge in [0.15, 0.2) is 0 Å². The van der Waals surface area contributed by atoms with E-state index in [2.05, 4.69) is 24.3 Å². The van der Waals surface area contributed by atoms with Crippen LogP contribution in [0.3, 0.4) is 0 Å². The maximum absolute atomic E-state index is 12.5. The number of hydrogen-bond donors (Lipinski definition) is 1. The Kier molecular flexibility index (Phi) is 6.46. The minimum absolute atomic E-state index is 0.0248. The zero-order valence-corrected chi connectivity index (χ0v) is 14.8. The van der Waals surface area contributed by atoms with Crippen molar-refractivity contribution < 1.29 is 9.53 Å². The molecule has 0 radical (unpaired) electrons. The lowest BCUT2D eigenvalue weighted by atomic mass is 9.84. The van der Waals surface area contributed by atoms with Crippen LogP contribution >= 0.6 is 0 Å². The van der Waals surface area contributed by atoms with Gasteiger partial charge in [0, 0.05) is 18.2 Å². The van der Waals surface area contributed by atoms with Gasteiger partial charge in [0.1, 0.15) is 5.75 Å². The van der Waals surface area contributed by atoms with Crippen LogP contribution in [0.4, 0.5) is 0 Å². The van der Waals surface area contributed by atoms with E-state index in [1.165, 1.54) is 19.3 Å². The van der Waals surface area contributed by atoms with E-state index in [0.29, 0.717) is 11.5 Å². The normalized spacial score (nSPS) is 21.5. The van der Waals surface area contributed by atoms with Gasteiger partial charge in [-0.25, -0.2) is 0 Å². The fourth-order valence-electron chi connectivity index (χ4n) is 3.29. The second-order valence-corrected chi connectivity index (χ2v) is 7.08. The first-order chi connectivity index (χ1) is 11.0. The molecule has 0 aliphatic heterocycles. The molecule has 2 unspecified atom stereocenters. The number of carbonyl (C=O) groups is 1. The Labute approximate surface area is 140 Å². The summed E-state index contributed by atoms with van der Waals surface area (Å²) in [5.74, 6) is 1.38. The van der Waals surface area contributed by atoms with Gasteiger partial charge in [-0.3, -0.25) is 4.79 Å². The predicted molar refractivity (Wildman–Crippen MR) is 94.0 cm³/mol. The van der Waals surface area contributed by atoms with Crippen molar-refractivity contribution in [3.05, 3.63) is 29.8 Å². The molecule has 0 aromatic heterocycles. The molecule has 0 heterocycles. The fourth-order valence-corrected chi connectivity index (χ4v) is 3.29. The Morgan fingerprint density at radius 3 is 2.48 bits per heavy atom. The molecule has 1 aromatic rings. The van der Waals surface area contributed by atoms with Gasteiger partial charge >= 0.3 is 0 Å². The van der Waals surface area contributed by atoms with Gasteiger partial charge in [-0.2, -0.15) is 0 Å². The van der Waals surface area contributed by atoms with Crippen LogP contribution in [0.1, 0.15) is 49.9 Å². The number of ether oxygens (including phenoxy) is 1. The lowest BCUT2D eigenvalue weighted by Crippen LogP contribution is -2.45. The Morgan fingerprint density at radius 2 is 1.87 bits per heavy atom. The van der Waals surface area contributed by atoms with Crippen molar-refractivity contribution in [2.24, 2.45) is 5.92 Å². The second kappa shape index (κ2) is 8.34. The third-order valence-corrected chi connectivity index (χ3v) is 4.31. The van der Waals surface area contributed by atoms with E-state index in [-0.39, 0.29) is 18.1 Å². The highest BCUT2D eigenvalue weighted by Crippen LogP contribution is 2.25. The monoisotopic (exact) mass is 318 g/mol. The highest BCUT2D eigenvalue weighted by molar-refractivity contribution is 5.94. The Bertz CT molecular complexity index is 497. The maximum atomic E-state index is 12.5. The standard InChI is InChI=1S/C19H30N2O2/c1-14(2)23-17-11-9-15(10-12-17)19(22)20-18-8-6-5-7-16(18)13-21(3)4/h9-12,14,16,18H,5-8,13H2,1-4H3,(H,20,22). The van der Waals surface area contributed by atoms with E-state index in [4.69, 9.17) is 4.74 Å². The summed E-state index contributed by atoms with van der Waals surface area (Å²) in [6.45, 7) is 5.02. The van der Waals surface area contributed by atoms with Gasteiger partial charge in [0.05, 0.1) is 6.10 Å². The van der Waals surface area contributed by atoms with E-state index >= 15 is 0 Å². The molecule has 4 heteroatoms. The number of benzene rings is 1. The zero-order chi connectivity index (χ0) is 16.8. The van der Waals surface area contributed by atoms with Crippen LogP contribution in [0, 0.1) is 5.92 Å². The predicted octanol–water partition coefficient (Wildman–Crippen LogP) is 3.32. The lowest BCUT2D eigenvalue weighted by Gasteiger charge is -2.34.